The highest BCUT2D eigenvalue weighted by molar-refractivity contribution is 5.93. The lowest BCUT2D eigenvalue weighted by molar-refractivity contribution is -0.609. The molecule has 0 aliphatic heterocycles. The number of nitrogens with one attached hydrogen (secondary N) is 1. The fourth-order valence-corrected chi connectivity index (χ4v) is 7.04. The van der Waals surface area contributed by atoms with Gasteiger partial charge in [0.2, 0.25) is 0 Å². The Morgan fingerprint density at radius 3 is 1.95 bits per heavy atom. The summed E-state index contributed by atoms with van der Waals surface area (Å²) in [5.41, 5.74) is -0.640. The molecule has 1 N–H and O–H groups in total. The fraction of sp³-hybridized carbons (Fsp3) is 0.875. The molecular formula is C16H22N2O4. The van der Waals surface area contributed by atoms with Crippen molar-refractivity contribution in [3.63, 3.8) is 0 Å². The smallest absolute Gasteiger partial charge is 0.408 e. The minimum absolute atomic E-state index is 0.0317. The molecule has 120 valence electrons. The second kappa shape index (κ2) is 3.16. The maximum absolute atomic E-state index is 12.6. The Hall–Kier alpha value is -1.30. The van der Waals surface area contributed by atoms with Gasteiger partial charge in [0.05, 0.1) is 18.1 Å². The number of amides is 2. The third-order valence-electron chi connectivity index (χ3n) is 7.28. The molecular weight excluding hydrogens is 284 g/mol. The lowest BCUT2D eigenvalue weighted by Gasteiger charge is -3.10. The Morgan fingerprint density at radius 1 is 1.05 bits per heavy atom. The average molecular weight is 306 g/mol. The van der Waals surface area contributed by atoms with Crippen molar-refractivity contribution in [2.45, 2.75) is 31.9 Å². The van der Waals surface area contributed by atoms with Gasteiger partial charge in [-0.2, -0.15) is 0 Å². The molecule has 6 rings (SSSR count). The van der Waals surface area contributed by atoms with Crippen LogP contribution in [0.5, 0.6) is 0 Å². The molecule has 0 spiro atoms. The van der Waals surface area contributed by atoms with Crippen molar-refractivity contribution in [1.29, 1.82) is 0 Å². The standard InChI is InChI=1S/C16H22N2O4/c1-14(2,3)22-13(20)17-16-9-6-10(16)8-11(16)7(9)15(6,8)12(19)18(4)21-5/h6-11H,1-5H3,(H,17,20). The van der Waals surface area contributed by atoms with Gasteiger partial charge in [0.25, 0.3) is 5.91 Å². The minimum atomic E-state index is -0.471. The normalized spacial score (nSPS) is 53.7. The van der Waals surface area contributed by atoms with E-state index in [4.69, 9.17) is 9.57 Å². The molecule has 0 bridgehead atoms. The number of ether oxygens (including phenoxy) is 1. The summed E-state index contributed by atoms with van der Waals surface area (Å²) < 4.78 is 5.40. The van der Waals surface area contributed by atoms with Crippen LogP contribution in [0, 0.1) is 40.9 Å². The van der Waals surface area contributed by atoms with Crippen molar-refractivity contribution in [3.05, 3.63) is 0 Å². The van der Waals surface area contributed by atoms with Crippen LogP contribution < -0.4 is 5.32 Å². The summed E-state index contributed by atoms with van der Waals surface area (Å²) >= 11 is 0. The zero-order valence-corrected chi connectivity index (χ0v) is 13.5. The summed E-state index contributed by atoms with van der Waals surface area (Å²) in [7, 11) is 3.23. The largest absolute Gasteiger partial charge is 0.444 e. The summed E-state index contributed by atoms with van der Waals surface area (Å²) in [6, 6.07) is 0. The molecule has 0 radical (unpaired) electrons. The molecule has 6 aliphatic rings. The Kier molecular flexibility index (Phi) is 1.89. The Morgan fingerprint density at radius 2 is 1.55 bits per heavy atom. The van der Waals surface area contributed by atoms with E-state index in [1.54, 1.807) is 7.05 Å². The highest BCUT2D eigenvalue weighted by Crippen LogP contribution is 3.07. The van der Waals surface area contributed by atoms with Gasteiger partial charge < -0.3 is 10.1 Å². The first-order chi connectivity index (χ1) is 10.2. The second-order valence-electron chi connectivity index (χ2n) is 8.63. The quantitative estimate of drug-likeness (QED) is 0.791. The first-order valence-electron chi connectivity index (χ1n) is 8.06. The fourth-order valence-electron chi connectivity index (χ4n) is 7.04. The van der Waals surface area contributed by atoms with E-state index >= 15 is 0 Å². The van der Waals surface area contributed by atoms with E-state index in [2.05, 4.69) is 5.32 Å². The van der Waals surface area contributed by atoms with E-state index in [1.807, 2.05) is 20.8 Å². The van der Waals surface area contributed by atoms with Gasteiger partial charge in [-0.3, -0.25) is 9.63 Å². The van der Waals surface area contributed by atoms with Gasteiger partial charge in [-0.25, -0.2) is 9.86 Å². The van der Waals surface area contributed by atoms with Crippen LogP contribution in [0.1, 0.15) is 20.8 Å². The monoisotopic (exact) mass is 306 g/mol. The average Bonchev–Trinajstić information content (AvgIpc) is 2.44. The minimum Gasteiger partial charge on any atom is -0.444 e. The second-order valence-corrected chi connectivity index (χ2v) is 8.63. The number of hydrogen-bond donors (Lipinski definition) is 1. The summed E-state index contributed by atoms with van der Waals surface area (Å²) in [5, 5.41) is 4.53. The van der Waals surface area contributed by atoms with Crippen LogP contribution in [-0.2, 0) is 14.4 Å². The number of nitrogens with zero attached hydrogens (tertiary/aromatic N) is 1. The van der Waals surface area contributed by atoms with Gasteiger partial charge in [-0.1, -0.05) is 0 Å². The first-order valence-corrected chi connectivity index (χ1v) is 8.06. The molecule has 6 aliphatic carbocycles. The van der Waals surface area contributed by atoms with E-state index in [-0.39, 0.29) is 23.0 Å². The van der Waals surface area contributed by atoms with Gasteiger partial charge >= 0.3 is 6.09 Å². The van der Waals surface area contributed by atoms with Crippen molar-refractivity contribution < 1.29 is 19.2 Å². The van der Waals surface area contributed by atoms with Crippen LogP contribution >= 0.6 is 0 Å². The van der Waals surface area contributed by atoms with Crippen molar-refractivity contribution in [2.24, 2.45) is 40.9 Å². The van der Waals surface area contributed by atoms with E-state index in [9.17, 15) is 9.59 Å². The number of alkyl carbamates (subject to hydrolysis) is 1. The number of hydroxylamine groups is 2. The molecule has 0 aromatic rings. The number of carbonyl (C=O) groups excluding carboxylic acids is 2. The van der Waals surface area contributed by atoms with Gasteiger partial charge in [0.1, 0.15) is 5.60 Å². The van der Waals surface area contributed by atoms with Crippen LogP contribution in [0.15, 0.2) is 0 Å². The molecule has 6 fully saturated rings. The van der Waals surface area contributed by atoms with Crippen LogP contribution in [0.3, 0.4) is 0 Å². The molecule has 2 amide bonds. The van der Waals surface area contributed by atoms with Gasteiger partial charge in [0.15, 0.2) is 0 Å². The van der Waals surface area contributed by atoms with E-state index in [1.165, 1.54) is 12.2 Å². The lowest BCUT2D eigenvalue weighted by atomic mass is 8.94. The molecule has 0 aromatic heterocycles. The summed E-state index contributed by atoms with van der Waals surface area (Å²) in [6.45, 7) is 5.63. The molecule has 0 atom stereocenters. The molecule has 0 aromatic carbocycles. The third kappa shape index (κ3) is 0.900. The van der Waals surface area contributed by atoms with Crippen molar-refractivity contribution in [1.82, 2.24) is 10.4 Å². The highest BCUT2D eigenvalue weighted by atomic mass is 16.7. The van der Waals surface area contributed by atoms with Crippen molar-refractivity contribution >= 4 is 12.0 Å². The summed E-state index contributed by atoms with van der Waals surface area (Å²) in [6.07, 6.45) is -0.308. The third-order valence-corrected chi connectivity index (χ3v) is 7.28. The molecule has 6 saturated carbocycles. The van der Waals surface area contributed by atoms with Gasteiger partial charge in [0, 0.05) is 7.05 Å². The number of carbonyl (C=O) groups is 2. The van der Waals surface area contributed by atoms with Crippen LogP contribution in [-0.4, -0.2) is 42.4 Å². The number of hydrogen-bond acceptors (Lipinski definition) is 4. The molecule has 0 heterocycles. The Balaban J connectivity index is 1.30. The number of rotatable bonds is 3. The van der Waals surface area contributed by atoms with E-state index < -0.39 is 5.60 Å². The molecule has 0 unspecified atom stereocenters. The zero-order valence-electron chi connectivity index (χ0n) is 13.5. The highest BCUT2D eigenvalue weighted by Gasteiger charge is 3.12. The Bertz CT molecular complexity index is 569. The van der Waals surface area contributed by atoms with Crippen molar-refractivity contribution in [3.8, 4) is 0 Å². The molecule has 0 saturated heterocycles. The first kappa shape index (κ1) is 13.2. The maximum atomic E-state index is 12.6. The van der Waals surface area contributed by atoms with Crippen LogP contribution in [0.2, 0.25) is 0 Å². The summed E-state index contributed by atoms with van der Waals surface area (Å²) in [5.74, 6) is 3.02. The Labute approximate surface area is 129 Å². The topological polar surface area (TPSA) is 67.9 Å². The molecule has 22 heavy (non-hydrogen) atoms. The van der Waals surface area contributed by atoms with Crippen LogP contribution in [0.25, 0.3) is 0 Å². The van der Waals surface area contributed by atoms with E-state index in [0.717, 1.165) is 0 Å². The SMILES string of the molecule is CON(C)C(=O)C12C3C4C1C1C2C3C41NC(=O)OC(C)(C)C. The predicted octanol–water partition coefficient (Wildman–Crippen LogP) is 1.02. The predicted molar refractivity (Wildman–Crippen MR) is 75.3 cm³/mol. The van der Waals surface area contributed by atoms with Crippen LogP contribution in [0.4, 0.5) is 4.79 Å². The van der Waals surface area contributed by atoms with Gasteiger partial charge in [-0.05, 0) is 56.3 Å². The lowest BCUT2D eigenvalue weighted by Crippen LogP contribution is -3.16. The molecule has 6 heteroatoms. The van der Waals surface area contributed by atoms with Crippen molar-refractivity contribution in [2.75, 3.05) is 14.2 Å². The van der Waals surface area contributed by atoms with E-state index in [0.29, 0.717) is 35.5 Å². The maximum Gasteiger partial charge on any atom is 0.408 e. The van der Waals surface area contributed by atoms with Gasteiger partial charge in [-0.15, -0.1) is 0 Å². The zero-order chi connectivity index (χ0) is 15.8. The summed E-state index contributed by atoms with van der Waals surface area (Å²) in [4.78, 5) is 29.7. The molecule has 6 nitrogen and oxygen atoms in total.